The highest BCUT2D eigenvalue weighted by molar-refractivity contribution is 14.0. The molecule has 1 aliphatic heterocycles. The van der Waals surface area contributed by atoms with Crippen LogP contribution >= 0.6 is 35.3 Å². The number of halogens is 1. The summed E-state index contributed by atoms with van der Waals surface area (Å²) in [5, 5.41) is 21.2. The monoisotopic (exact) mass is 496 g/mol. The van der Waals surface area contributed by atoms with Crippen LogP contribution in [-0.4, -0.2) is 67.4 Å². The Morgan fingerprint density at radius 2 is 2.00 bits per heavy atom. The lowest BCUT2D eigenvalue weighted by atomic mass is 9.99. The minimum absolute atomic E-state index is 0. The number of nitrogens with zero attached hydrogens (tertiary/aromatic N) is 2. The lowest BCUT2D eigenvalue weighted by Crippen LogP contribution is -2.52. The lowest BCUT2D eigenvalue weighted by molar-refractivity contribution is -0.00685. The first-order valence-electron chi connectivity index (χ1n) is 8.95. The zero-order valence-corrected chi connectivity index (χ0v) is 19.4. The third-order valence-electron chi connectivity index (χ3n) is 4.58. The Hall–Kier alpha value is -0.420. The average Bonchev–Trinajstić information content (AvgIpc) is 3.14. The smallest absolute Gasteiger partial charge is 0.191 e. The molecule has 1 saturated heterocycles. The summed E-state index contributed by atoms with van der Waals surface area (Å²) in [6.07, 6.45) is 0. The van der Waals surface area contributed by atoms with Gasteiger partial charge in [0.25, 0.3) is 0 Å². The van der Waals surface area contributed by atoms with Crippen molar-refractivity contribution in [1.29, 1.82) is 0 Å². The molecule has 8 heteroatoms. The molecule has 0 aliphatic carbocycles. The van der Waals surface area contributed by atoms with Crippen LogP contribution in [0.15, 0.2) is 21.8 Å². The minimum atomic E-state index is -0.921. The highest BCUT2D eigenvalue weighted by Crippen LogP contribution is 2.22. The maximum absolute atomic E-state index is 10.7. The van der Waals surface area contributed by atoms with E-state index < -0.39 is 5.60 Å². The van der Waals surface area contributed by atoms with Crippen molar-refractivity contribution >= 4 is 41.3 Å². The molecular weight excluding hydrogens is 463 g/mol. The summed E-state index contributed by atoms with van der Waals surface area (Å²) in [7, 11) is 0. The lowest BCUT2D eigenvalue weighted by Gasteiger charge is -2.40. The number of ether oxygens (including phenoxy) is 1. The molecule has 3 N–H and O–H groups in total. The van der Waals surface area contributed by atoms with Crippen LogP contribution in [0.4, 0.5) is 0 Å². The van der Waals surface area contributed by atoms with Crippen molar-refractivity contribution < 1.29 is 9.84 Å². The van der Waals surface area contributed by atoms with Crippen molar-refractivity contribution in [2.45, 2.75) is 38.8 Å². The van der Waals surface area contributed by atoms with Gasteiger partial charge in [-0.25, -0.2) is 0 Å². The summed E-state index contributed by atoms with van der Waals surface area (Å²) in [4.78, 5) is 7.17. The van der Waals surface area contributed by atoms with E-state index in [-0.39, 0.29) is 29.5 Å². The number of aliphatic imine (C=N–C) groups is 1. The van der Waals surface area contributed by atoms with E-state index in [0.717, 1.165) is 44.4 Å². The Balaban J connectivity index is 0.00000338. The molecule has 0 spiro atoms. The van der Waals surface area contributed by atoms with Crippen molar-refractivity contribution in [2.24, 2.45) is 4.99 Å². The maximum Gasteiger partial charge on any atom is 0.191 e. The Kier molecular flexibility index (Phi) is 9.81. The SMILES string of the molecule is CCNC(=NCC(C)(C)N1CCOCC1)NCC(C)(O)c1ccsc1.I. The van der Waals surface area contributed by atoms with Gasteiger partial charge < -0.3 is 20.5 Å². The van der Waals surface area contributed by atoms with Crippen LogP contribution in [0.3, 0.4) is 0 Å². The second-order valence-electron chi connectivity index (χ2n) is 7.25. The van der Waals surface area contributed by atoms with Gasteiger partial charge in [-0.2, -0.15) is 11.3 Å². The fourth-order valence-corrected chi connectivity index (χ4v) is 3.59. The van der Waals surface area contributed by atoms with Crippen LogP contribution in [0.25, 0.3) is 0 Å². The topological polar surface area (TPSA) is 69.1 Å². The number of guanidine groups is 1. The van der Waals surface area contributed by atoms with E-state index >= 15 is 0 Å². The molecular formula is C18H33IN4O2S. The molecule has 2 heterocycles. The Bertz CT molecular complexity index is 543. The number of morpholine rings is 1. The quantitative estimate of drug-likeness (QED) is 0.307. The summed E-state index contributed by atoms with van der Waals surface area (Å²) < 4.78 is 5.44. The predicted octanol–water partition coefficient (Wildman–Crippen LogP) is 2.24. The number of thiophene rings is 1. The summed E-state index contributed by atoms with van der Waals surface area (Å²) in [5.74, 6) is 0.735. The molecule has 0 amide bonds. The molecule has 1 unspecified atom stereocenters. The number of hydrogen-bond donors (Lipinski definition) is 3. The minimum Gasteiger partial charge on any atom is -0.384 e. The highest BCUT2D eigenvalue weighted by Gasteiger charge is 2.28. The molecule has 26 heavy (non-hydrogen) atoms. The summed E-state index contributed by atoms with van der Waals surface area (Å²) in [6, 6.07) is 1.96. The van der Waals surface area contributed by atoms with E-state index in [1.165, 1.54) is 0 Å². The molecule has 0 aromatic carbocycles. The van der Waals surface area contributed by atoms with Gasteiger partial charge >= 0.3 is 0 Å². The van der Waals surface area contributed by atoms with Crippen LogP contribution in [0.5, 0.6) is 0 Å². The van der Waals surface area contributed by atoms with Gasteiger partial charge in [0.1, 0.15) is 5.60 Å². The largest absolute Gasteiger partial charge is 0.384 e. The molecule has 1 atom stereocenters. The van der Waals surface area contributed by atoms with E-state index in [1.807, 2.05) is 30.7 Å². The molecule has 150 valence electrons. The molecule has 0 bridgehead atoms. The Morgan fingerprint density at radius 3 is 2.58 bits per heavy atom. The molecule has 1 aromatic heterocycles. The first-order chi connectivity index (χ1) is 11.8. The second-order valence-corrected chi connectivity index (χ2v) is 8.03. The first kappa shape index (κ1) is 23.6. The van der Waals surface area contributed by atoms with Crippen molar-refractivity contribution in [3.63, 3.8) is 0 Å². The van der Waals surface area contributed by atoms with Gasteiger partial charge in [-0.1, -0.05) is 0 Å². The van der Waals surface area contributed by atoms with E-state index in [0.29, 0.717) is 13.1 Å². The summed E-state index contributed by atoms with van der Waals surface area (Å²) >= 11 is 1.59. The number of aliphatic hydroxyl groups is 1. The van der Waals surface area contributed by atoms with Crippen molar-refractivity contribution in [3.05, 3.63) is 22.4 Å². The van der Waals surface area contributed by atoms with E-state index in [2.05, 4.69) is 29.4 Å². The fourth-order valence-electron chi connectivity index (χ4n) is 2.81. The maximum atomic E-state index is 10.7. The molecule has 6 nitrogen and oxygen atoms in total. The fraction of sp³-hybridized carbons (Fsp3) is 0.722. The van der Waals surface area contributed by atoms with Gasteiger partial charge in [-0.15, -0.1) is 24.0 Å². The van der Waals surface area contributed by atoms with Crippen LogP contribution in [0.2, 0.25) is 0 Å². The van der Waals surface area contributed by atoms with Crippen molar-refractivity contribution in [3.8, 4) is 0 Å². The molecule has 0 radical (unpaired) electrons. The summed E-state index contributed by atoms with van der Waals surface area (Å²) in [5.41, 5.74) is -0.0210. The van der Waals surface area contributed by atoms with Gasteiger partial charge in [0.05, 0.1) is 26.3 Å². The van der Waals surface area contributed by atoms with Gasteiger partial charge in [0.15, 0.2) is 5.96 Å². The molecule has 0 saturated carbocycles. The van der Waals surface area contributed by atoms with Crippen molar-refractivity contribution in [1.82, 2.24) is 15.5 Å². The molecule has 2 rings (SSSR count). The number of nitrogens with one attached hydrogen (secondary N) is 2. The predicted molar refractivity (Wildman–Crippen MR) is 120 cm³/mol. The standard InChI is InChI=1S/C18H32N4O2S.HI/c1-5-19-16(21-14-18(4,23)15-6-11-25-12-15)20-13-17(2,3)22-7-9-24-10-8-22;/h6,11-12,23H,5,7-10,13-14H2,1-4H3,(H2,19,20,21);1H. The number of hydrogen-bond acceptors (Lipinski definition) is 5. The normalized spacial score (nSPS) is 18.7. The van der Waals surface area contributed by atoms with Gasteiger partial charge in [0, 0.05) is 25.2 Å². The van der Waals surface area contributed by atoms with Crippen LogP contribution in [0, 0.1) is 0 Å². The molecule has 1 aromatic rings. The van der Waals surface area contributed by atoms with E-state index in [4.69, 9.17) is 9.73 Å². The van der Waals surface area contributed by atoms with E-state index in [9.17, 15) is 5.11 Å². The van der Waals surface area contributed by atoms with Crippen LogP contribution in [0.1, 0.15) is 33.3 Å². The molecule has 1 aliphatic rings. The Labute approximate surface area is 178 Å². The Morgan fingerprint density at radius 1 is 1.31 bits per heavy atom. The first-order valence-corrected chi connectivity index (χ1v) is 9.89. The second kappa shape index (κ2) is 10.8. The van der Waals surface area contributed by atoms with Crippen LogP contribution < -0.4 is 10.6 Å². The van der Waals surface area contributed by atoms with Gasteiger partial charge in [-0.05, 0) is 50.1 Å². The highest BCUT2D eigenvalue weighted by atomic mass is 127. The van der Waals surface area contributed by atoms with Crippen LogP contribution in [-0.2, 0) is 10.3 Å². The molecule has 1 fully saturated rings. The zero-order chi connectivity index (χ0) is 18.3. The van der Waals surface area contributed by atoms with E-state index in [1.54, 1.807) is 11.3 Å². The average molecular weight is 496 g/mol. The zero-order valence-electron chi connectivity index (χ0n) is 16.2. The summed E-state index contributed by atoms with van der Waals surface area (Å²) in [6.45, 7) is 13.6. The van der Waals surface area contributed by atoms with Gasteiger partial charge in [0.2, 0.25) is 0 Å². The third kappa shape index (κ3) is 6.95. The van der Waals surface area contributed by atoms with Gasteiger partial charge in [-0.3, -0.25) is 9.89 Å². The third-order valence-corrected chi connectivity index (χ3v) is 5.26. The van der Waals surface area contributed by atoms with Crippen molar-refractivity contribution in [2.75, 3.05) is 45.9 Å². The number of rotatable bonds is 7.